The number of carbonyl (C=O) groups excluding carboxylic acids is 1. The highest BCUT2D eigenvalue weighted by Gasteiger charge is 2.30. The molecule has 0 spiro atoms. The Hall–Kier alpha value is -1.72. The van der Waals surface area contributed by atoms with Crippen molar-refractivity contribution in [3.05, 3.63) is 29.8 Å². The number of amides is 1. The number of benzene rings is 1. The van der Waals surface area contributed by atoms with Gasteiger partial charge in [0.05, 0.1) is 5.56 Å². The number of nitrogens with two attached hydrogens (primary N) is 2. The predicted molar refractivity (Wildman–Crippen MR) is 55.3 cm³/mol. The fourth-order valence-corrected chi connectivity index (χ4v) is 0.715. The molecule has 0 aliphatic heterocycles. The summed E-state index contributed by atoms with van der Waals surface area (Å²) < 4.78 is 35.7. The molecule has 0 aliphatic rings. The minimum absolute atomic E-state index is 0.125. The van der Waals surface area contributed by atoms with Crippen molar-refractivity contribution in [1.29, 1.82) is 0 Å². The number of hydrogen-bond acceptors (Lipinski definition) is 2. The highest BCUT2D eigenvalue weighted by Crippen LogP contribution is 2.29. The van der Waals surface area contributed by atoms with E-state index in [1.165, 1.54) is 12.1 Å². The van der Waals surface area contributed by atoms with Gasteiger partial charge in [0.1, 0.15) is 0 Å². The first kappa shape index (κ1) is 14.3. The van der Waals surface area contributed by atoms with Crippen molar-refractivity contribution < 1.29 is 18.0 Å². The van der Waals surface area contributed by atoms with Gasteiger partial charge in [-0.2, -0.15) is 13.2 Å². The maximum absolute atomic E-state index is 11.9. The van der Waals surface area contributed by atoms with Gasteiger partial charge in [-0.05, 0) is 18.2 Å². The lowest BCUT2D eigenvalue weighted by Crippen LogP contribution is -2.06. The Morgan fingerprint density at radius 3 is 2.12 bits per heavy atom. The minimum atomic E-state index is -4.30. The molecule has 16 heavy (non-hydrogen) atoms. The normalized spacial score (nSPS) is 10.2. The van der Waals surface area contributed by atoms with E-state index in [2.05, 4.69) is 5.73 Å². The van der Waals surface area contributed by atoms with Gasteiger partial charge in [0.25, 0.3) is 0 Å². The van der Waals surface area contributed by atoms with E-state index in [0.29, 0.717) is 6.42 Å². The van der Waals surface area contributed by atoms with Crippen molar-refractivity contribution in [2.45, 2.75) is 19.5 Å². The average Bonchev–Trinajstić information content (AvgIpc) is 2.17. The Labute approximate surface area is 91.2 Å². The quantitative estimate of drug-likeness (QED) is 0.731. The molecule has 1 amide bonds. The fourth-order valence-electron chi connectivity index (χ4n) is 0.715. The molecule has 0 aromatic heterocycles. The van der Waals surface area contributed by atoms with Crippen molar-refractivity contribution in [3.8, 4) is 0 Å². The van der Waals surface area contributed by atoms with E-state index in [-0.39, 0.29) is 11.6 Å². The lowest BCUT2D eigenvalue weighted by Gasteiger charge is -2.05. The second kappa shape index (κ2) is 5.99. The van der Waals surface area contributed by atoms with Crippen molar-refractivity contribution in [2.75, 3.05) is 5.73 Å². The molecule has 0 heterocycles. The van der Waals surface area contributed by atoms with Crippen LogP contribution in [0.3, 0.4) is 0 Å². The van der Waals surface area contributed by atoms with Crippen LogP contribution in [0, 0.1) is 0 Å². The van der Waals surface area contributed by atoms with Gasteiger partial charge in [0.2, 0.25) is 5.91 Å². The number of nitrogen functional groups attached to an aromatic ring is 1. The third-order valence-corrected chi connectivity index (χ3v) is 1.56. The highest BCUT2D eigenvalue weighted by molar-refractivity contribution is 5.73. The van der Waals surface area contributed by atoms with E-state index < -0.39 is 11.7 Å². The zero-order chi connectivity index (χ0) is 12.8. The fraction of sp³-hybridized carbons (Fsp3) is 0.300. The summed E-state index contributed by atoms with van der Waals surface area (Å²) >= 11 is 0. The van der Waals surface area contributed by atoms with E-state index in [1.54, 1.807) is 6.92 Å². The molecule has 0 saturated heterocycles. The largest absolute Gasteiger partial charge is 0.416 e. The number of carbonyl (C=O) groups is 1. The third-order valence-electron chi connectivity index (χ3n) is 1.56. The first-order valence-electron chi connectivity index (χ1n) is 4.48. The van der Waals surface area contributed by atoms with E-state index in [9.17, 15) is 18.0 Å². The van der Waals surface area contributed by atoms with Crippen molar-refractivity contribution in [2.24, 2.45) is 5.73 Å². The summed E-state index contributed by atoms with van der Waals surface area (Å²) in [5.41, 5.74) is 9.22. The molecule has 3 nitrogen and oxygen atoms in total. The number of primary amides is 1. The van der Waals surface area contributed by atoms with Crippen LogP contribution in [0.1, 0.15) is 18.9 Å². The number of halogens is 3. The molecule has 0 fully saturated rings. The van der Waals surface area contributed by atoms with Gasteiger partial charge in [0.15, 0.2) is 0 Å². The van der Waals surface area contributed by atoms with Crippen LogP contribution in [0.2, 0.25) is 0 Å². The van der Waals surface area contributed by atoms with Crippen LogP contribution in [-0.2, 0) is 11.0 Å². The number of rotatable bonds is 1. The highest BCUT2D eigenvalue weighted by atomic mass is 19.4. The van der Waals surface area contributed by atoms with Gasteiger partial charge in [-0.3, -0.25) is 4.79 Å². The molecule has 90 valence electrons. The number of alkyl halides is 3. The zero-order valence-corrected chi connectivity index (χ0v) is 8.71. The SMILES string of the molecule is CCC(N)=O.Nc1cccc(C(F)(F)F)c1. The Morgan fingerprint density at radius 2 is 1.88 bits per heavy atom. The molecule has 1 aromatic rings. The van der Waals surface area contributed by atoms with Gasteiger partial charge < -0.3 is 11.5 Å². The molecule has 0 aliphatic carbocycles. The van der Waals surface area contributed by atoms with Crippen LogP contribution in [0.4, 0.5) is 18.9 Å². The monoisotopic (exact) mass is 234 g/mol. The lowest BCUT2D eigenvalue weighted by molar-refractivity contribution is -0.137. The van der Waals surface area contributed by atoms with Crippen LogP contribution in [0.5, 0.6) is 0 Å². The summed E-state index contributed by atoms with van der Waals surface area (Å²) in [6.07, 6.45) is -3.85. The molecular weight excluding hydrogens is 221 g/mol. The standard InChI is InChI=1S/C7H6F3N.C3H7NO/c8-7(9,10)5-2-1-3-6(11)4-5;1-2-3(4)5/h1-4H,11H2;2H2,1H3,(H2,4,5). The second-order valence-corrected chi connectivity index (χ2v) is 2.94. The van der Waals surface area contributed by atoms with Crippen molar-refractivity contribution >= 4 is 11.6 Å². The Bertz CT molecular complexity index is 350. The minimum Gasteiger partial charge on any atom is -0.399 e. The Kier molecular flexibility index (Phi) is 5.35. The van der Waals surface area contributed by atoms with Crippen molar-refractivity contribution in [3.63, 3.8) is 0 Å². The molecular formula is C10H13F3N2O. The van der Waals surface area contributed by atoms with Crippen LogP contribution < -0.4 is 11.5 Å². The van der Waals surface area contributed by atoms with Gasteiger partial charge in [0, 0.05) is 12.1 Å². The molecule has 6 heteroatoms. The van der Waals surface area contributed by atoms with Crippen LogP contribution >= 0.6 is 0 Å². The molecule has 0 radical (unpaired) electrons. The summed E-state index contributed by atoms with van der Waals surface area (Å²) in [7, 11) is 0. The topological polar surface area (TPSA) is 69.1 Å². The molecule has 0 atom stereocenters. The number of hydrogen-bond donors (Lipinski definition) is 2. The van der Waals surface area contributed by atoms with Gasteiger partial charge in [-0.25, -0.2) is 0 Å². The summed E-state index contributed by atoms with van der Waals surface area (Å²) in [6, 6.07) is 4.57. The zero-order valence-electron chi connectivity index (χ0n) is 8.71. The third kappa shape index (κ3) is 5.90. The summed E-state index contributed by atoms with van der Waals surface area (Å²) in [5, 5.41) is 0. The van der Waals surface area contributed by atoms with E-state index in [4.69, 9.17) is 5.73 Å². The summed E-state index contributed by atoms with van der Waals surface area (Å²) in [6.45, 7) is 1.72. The van der Waals surface area contributed by atoms with Gasteiger partial charge in [-0.15, -0.1) is 0 Å². The maximum Gasteiger partial charge on any atom is 0.416 e. The molecule has 4 N–H and O–H groups in total. The van der Waals surface area contributed by atoms with Crippen LogP contribution in [-0.4, -0.2) is 5.91 Å². The van der Waals surface area contributed by atoms with Crippen LogP contribution in [0.15, 0.2) is 24.3 Å². The Morgan fingerprint density at radius 1 is 1.38 bits per heavy atom. The molecule has 1 aromatic carbocycles. The summed E-state index contributed by atoms with van der Waals surface area (Å²) in [5.74, 6) is -0.245. The lowest BCUT2D eigenvalue weighted by atomic mass is 10.2. The maximum atomic E-state index is 11.9. The first-order chi connectivity index (χ1) is 7.27. The van der Waals surface area contributed by atoms with Crippen LogP contribution in [0.25, 0.3) is 0 Å². The van der Waals surface area contributed by atoms with Crippen molar-refractivity contribution in [1.82, 2.24) is 0 Å². The van der Waals surface area contributed by atoms with E-state index in [1.807, 2.05) is 0 Å². The van der Waals surface area contributed by atoms with Gasteiger partial charge >= 0.3 is 6.18 Å². The molecule has 0 bridgehead atoms. The van der Waals surface area contributed by atoms with Gasteiger partial charge in [-0.1, -0.05) is 13.0 Å². The smallest absolute Gasteiger partial charge is 0.399 e. The molecule has 0 unspecified atom stereocenters. The Balaban J connectivity index is 0.000000385. The predicted octanol–water partition coefficient (Wildman–Crippen LogP) is 2.17. The molecule has 1 rings (SSSR count). The second-order valence-electron chi connectivity index (χ2n) is 2.94. The first-order valence-corrected chi connectivity index (χ1v) is 4.48. The average molecular weight is 234 g/mol. The number of anilines is 1. The molecule has 0 saturated carbocycles. The van der Waals surface area contributed by atoms with E-state index in [0.717, 1.165) is 12.1 Å². The summed E-state index contributed by atoms with van der Waals surface area (Å²) in [4.78, 5) is 9.59. The van der Waals surface area contributed by atoms with E-state index >= 15 is 0 Å².